The van der Waals surface area contributed by atoms with Crippen molar-refractivity contribution in [2.24, 2.45) is 51.8 Å². The largest absolute Gasteiger partial charge is 0.462 e. The van der Waals surface area contributed by atoms with Crippen molar-refractivity contribution in [2.75, 3.05) is 0 Å². The second kappa shape index (κ2) is 10.8. The van der Waals surface area contributed by atoms with Gasteiger partial charge in [0, 0.05) is 63.2 Å². The number of ketones is 1. The molecule has 4 saturated carbocycles. The van der Waals surface area contributed by atoms with E-state index in [1.807, 2.05) is 6.92 Å². The van der Waals surface area contributed by atoms with Crippen molar-refractivity contribution >= 4 is 35.6 Å². The predicted octanol–water partition coefficient (Wildman–Crippen LogP) is 0.528. The minimum absolute atomic E-state index is 0.156. The van der Waals surface area contributed by atoms with Crippen molar-refractivity contribution < 1.29 is 72.5 Å². The number of allylic oxidation sites excluding steroid dienone is 1. The van der Waals surface area contributed by atoms with Gasteiger partial charge in [-0.3, -0.25) is 24.0 Å². The average molecular weight is 719 g/mol. The molecular weight excluding hydrogens is 672 g/mol. The molecule has 7 rings (SSSR count). The summed E-state index contributed by atoms with van der Waals surface area (Å²) in [6.07, 6.45) is -7.35. The van der Waals surface area contributed by atoms with Crippen LogP contribution in [0.3, 0.4) is 0 Å². The Hall–Kier alpha value is -3.40. The fourth-order valence-electron chi connectivity index (χ4n) is 12.2. The molecular formula is C36H46O15. The number of rotatable bonds is 4. The van der Waals surface area contributed by atoms with E-state index in [1.54, 1.807) is 19.9 Å². The Morgan fingerprint density at radius 2 is 1.33 bits per heavy atom. The number of fused-ring (bicyclic) bond motifs is 10. The molecule has 0 aromatic carbocycles. The summed E-state index contributed by atoms with van der Waals surface area (Å²) in [6, 6.07) is 0. The van der Waals surface area contributed by atoms with Gasteiger partial charge in [0.2, 0.25) is 0 Å². The van der Waals surface area contributed by atoms with Gasteiger partial charge >= 0.3 is 29.8 Å². The van der Waals surface area contributed by atoms with Gasteiger partial charge < -0.3 is 43.7 Å². The van der Waals surface area contributed by atoms with Crippen LogP contribution in [0.25, 0.3) is 0 Å². The van der Waals surface area contributed by atoms with Crippen LogP contribution >= 0.6 is 0 Å². The van der Waals surface area contributed by atoms with Crippen LogP contribution < -0.4 is 0 Å². The Morgan fingerprint density at radius 3 is 1.90 bits per heavy atom. The molecule has 0 aromatic heterocycles. The molecule has 51 heavy (non-hydrogen) atoms. The third kappa shape index (κ3) is 4.25. The average Bonchev–Trinajstić information content (AvgIpc) is 3.67. The number of esters is 5. The lowest BCUT2D eigenvalue weighted by Gasteiger charge is -2.67. The Morgan fingerprint density at radius 1 is 0.784 bits per heavy atom. The lowest BCUT2D eigenvalue weighted by atomic mass is 9.40. The Labute approximate surface area is 294 Å². The molecule has 7 aliphatic rings. The number of epoxide rings is 1. The van der Waals surface area contributed by atoms with Crippen LogP contribution in [0, 0.1) is 51.8 Å². The zero-order valence-corrected chi connectivity index (χ0v) is 30.0. The van der Waals surface area contributed by atoms with Gasteiger partial charge in [-0.25, -0.2) is 4.79 Å². The molecule has 18 atom stereocenters. The number of hydrogen-bond acceptors (Lipinski definition) is 15. The minimum atomic E-state index is -2.38. The topological polar surface area (TPSA) is 222 Å². The second-order valence-corrected chi connectivity index (χ2v) is 16.6. The molecule has 0 bridgehead atoms. The van der Waals surface area contributed by atoms with Gasteiger partial charge in [0.15, 0.2) is 11.4 Å². The van der Waals surface area contributed by atoms with Crippen molar-refractivity contribution in [3.8, 4) is 0 Å². The molecule has 0 amide bonds. The van der Waals surface area contributed by atoms with E-state index in [-0.39, 0.29) is 12.2 Å². The Balaban J connectivity index is 1.55. The lowest BCUT2D eigenvalue weighted by Crippen LogP contribution is -2.80. The van der Waals surface area contributed by atoms with Crippen LogP contribution in [0.15, 0.2) is 11.8 Å². The molecule has 0 unspecified atom stereocenters. The van der Waals surface area contributed by atoms with E-state index in [4.69, 9.17) is 28.4 Å². The zero-order chi connectivity index (χ0) is 37.7. The van der Waals surface area contributed by atoms with Gasteiger partial charge in [-0.15, -0.1) is 0 Å². The molecule has 0 radical (unpaired) electrons. The molecule has 0 spiro atoms. The lowest BCUT2D eigenvalue weighted by molar-refractivity contribution is -0.296. The smallest absolute Gasteiger partial charge is 0.343 e. The van der Waals surface area contributed by atoms with E-state index < -0.39 is 141 Å². The number of ether oxygens (including phenoxy) is 6. The normalized spacial score (nSPS) is 53.0. The standard InChI is InChI=1S/C36H46O15/c1-12-10-18-33(7,35(9,44)31(43)51-18)23-20(12)32(6)21(26(23)46-13(2)37)19-22(27(47-14(3)38)29(32)48-15(4)39)34(8)30(49-16(5)40)25-17(50-25)11-36(34,45)28(42)24(19)41/h10,12,17,19-27,29-30,41,44-45H,11H2,1-9H3/t12-,17+,19+,20+,21-,22-,23+,24-,25+,26-,27+,29+,30+,32-,33+,34+,35-,36+/m1/s1. The maximum Gasteiger partial charge on any atom is 0.343 e. The highest BCUT2D eigenvalue weighted by Crippen LogP contribution is 2.76. The number of aliphatic hydroxyl groups is 3. The van der Waals surface area contributed by atoms with Gasteiger partial charge in [-0.2, -0.15) is 0 Å². The van der Waals surface area contributed by atoms with Crippen molar-refractivity contribution in [3.05, 3.63) is 11.8 Å². The van der Waals surface area contributed by atoms with Crippen molar-refractivity contribution in [1.82, 2.24) is 0 Å². The molecule has 5 aliphatic carbocycles. The maximum absolute atomic E-state index is 14.6. The monoisotopic (exact) mass is 718 g/mol. The van der Waals surface area contributed by atoms with Crippen LogP contribution in [0.5, 0.6) is 0 Å². The maximum atomic E-state index is 14.6. The fourth-order valence-corrected chi connectivity index (χ4v) is 12.2. The first kappa shape index (κ1) is 36.0. The second-order valence-electron chi connectivity index (χ2n) is 16.6. The molecule has 3 N–H and O–H groups in total. The van der Waals surface area contributed by atoms with Crippen LogP contribution in [0.4, 0.5) is 0 Å². The highest BCUT2D eigenvalue weighted by molar-refractivity contribution is 5.94. The van der Waals surface area contributed by atoms with Crippen molar-refractivity contribution in [3.63, 3.8) is 0 Å². The van der Waals surface area contributed by atoms with Crippen LogP contribution in [0.1, 0.15) is 68.7 Å². The van der Waals surface area contributed by atoms with E-state index in [0.717, 1.165) is 13.8 Å². The summed E-state index contributed by atoms with van der Waals surface area (Å²) in [5, 5.41) is 36.7. The van der Waals surface area contributed by atoms with Crippen molar-refractivity contribution in [1.29, 1.82) is 0 Å². The quantitative estimate of drug-likeness (QED) is 0.205. The van der Waals surface area contributed by atoms with Crippen LogP contribution in [-0.2, 0) is 57.2 Å². The molecule has 6 fully saturated rings. The molecule has 2 saturated heterocycles. The van der Waals surface area contributed by atoms with Crippen molar-refractivity contribution in [2.45, 2.75) is 123 Å². The molecule has 15 nitrogen and oxygen atoms in total. The summed E-state index contributed by atoms with van der Waals surface area (Å²) in [5.74, 6) is -10.7. The molecule has 2 heterocycles. The van der Waals surface area contributed by atoms with Crippen LogP contribution in [0.2, 0.25) is 0 Å². The molecule has 0 aromatic rings. The number of carbonyl (C=O) groups excluding carboxylic acids is 6. The predicted molar refractivity (Wildman–Crippen MR) is 167 cm³/mol. The third-order valence-corrected chi connectivity index (χ3v) is 14.2. The van der Waals surface area contributed by atoms with Gasteiger partial charge in [0.05, 0.1) is 16.9 Å². The summed E-state index contributed by atoms with van der Waals surface area (Å²) < 4.78 is 35.8. The first-order chi connectivity index (χ1) is 23.5. The van der Waals surface area contributed by atoms with Gasteiger partial charge in [-0.1, -0.05) is 20.8 Å². The van der Waals surface area contributed by atoms with E-state index in [1.165, 1.54) is 27.7 Å². The highest BCUT2D eigenvalue weighted by Gasteiger charge is 2.86. The fraction of sp³-hybridized carbons (Fsp3) is 0.778. The van der Waals surface area contributed by atoms with E-state index in [0.29, 0.717) is 0 Å². The first-order valence-electron chi connectivity index (χ1n) is 17.5. The Kier molecular flexibility index (Phi) is 7.64. The van der Waals surface area contributed by atoms with Gasteiger partial charge in [0.25, 0.3) is 0 Å². The number of hydrogen-bond donors (Lipinski definition) is 3. The summed E-state index contributed by atoms with van der Waals surface area (Å²) in [6.45, 7) is 12.7. The van der Waals surface area contributed by atoms with E-state index in [2.05, 4.69) is 0 Å². The first-order valence-corrected chi connectivity index (χ1v) is 17.5. The van der Waals surface area contributed by atoms with Gasteiger partial charge in [0.1, 0.15) is 48.0 Å². The molecule has 15 heteroatoms. The molecule has 2 aliphatic heterocycles. The summed E-state index contributed by atoms with van der Waals surface area (Å²) in [5.41, 5.74) is -9.32. The van der Waals surface area contributed by atoms with E-state index in [9.17, 15) is 44.1 Å². The summed E-state index contributed by atoms with van der Waals surface area (Å²) in [4.78, 5) is 79.8. The number of carbonyl (C=O) groups is 6. The number of Topliss-reactive ketones (excluding diaryl/α,β-unsaturated/α-hetero) is 1. The van der Waals surface area contributed by atoms with E-state index >= 15 is 0 Å². The minimum Gasteiger partial charge on any atom is -0.462 e. The van der Waals surface area contributed by atoms with Gasteiger partial charge in [-0.05, 0) is 31.8 Å². The zero-order valence-electron chi connectivity index (χ0n) is 30.0. The summed E-state index contributed by atoms with van der Waals surface area (Å²) in [7, 11) is 0. The van der Waals surface area contributed by atoms with Crippen LogP contribution in [-0.4, -0.2) is 105 Å². The SMILES string of the molecule is CC(=O)O[C@@H]1[C@H]2[C@H]3[C@H]([C@H](OC(C)=O)[C@H](OC(C)=O)[C@]2(C)[C@@H]2[C@@H]1[C@]1(C)C(=C[C@H]2C)OC(=O)[C@@]1(C)O)[C@@]1(C)[C@@H](OC(C)=O)[C@H]2O[C@H]2C[C@]1(O)C(=O)[C@@H]3O. The Bertz CT molecular complexity index is 1670. The third-order valence-electron chi connectivity index (χ3n) is 14.2. The highest BCUT2D eigenvalue weighted by atomic mass is 16.6. The number of aliphatic hydroxyl groups excluding tert-OH is 1. The summed E-state index contributed by atoms with van der Waals surface area (Å²) >= 11 is 0. The molecule has 280 valence electrons.